The summed E-state index contributed by atoms with van der Waals surface area (Å²) in [5, 5.41) is 0. The fourth-order valence-corrected chi connectivity index (χ4v) is 0. The first kappa shape index (κ1) is 9.33. The van der Waals surface area contributed by atoms with Crippen molar-refractivity contribution >= 4 is 60.0 Å². The van der Waals surface area contributed by atoms with Crippen LogP contribution in [0.2, 0.25) is 0.889 Å². The fourth-order valence-electron chi connectivity index (χ4n) is 0. The molecule has 0 nitrogen and oxygen atoms in total. The van der Waals surface area contributed by atoms with E-state index in [-0.39, 0.29) is 13.5 Å². The summed E-state index contributed by atoms with van der Waals surface area (Å²) >= 11 is 1.07. The van der Waals surface area contributed by atoms with Gasteiger partial charge < -0.3 is 0 Å². The molecule has 21 valence electrons. The first-order valence-electron chi connectivity index (χ1n) is 1.21. The van der Waals surface area contributed by atoms with E-state index in [1.807, 2.05) is 0 Å². The Hall–Kier alpha value is 1.92. The minimum absolute atomic E-state index is 0. The maximum Gasteiger partial charge on any atom is -0.197 e. The Kier molecular flexibility index (Phi) is 20.7. The summed E-state index contributed by atoms with van der Waals surface area (Å²) in [5.74, 6) is 0. The molecule has 2 heteroatoms. The van der Waals surface area contributed by atoms with E-state index >= 15 is 0 Å². The third-order valence-electron chi connectivity index (χ3n) is 0. The Morgan fingerprint density at radius 3 is 1.75 bits per heavy atom. The zero-order valence-electron chi connectivity index (χ0n) is 2.91. The van der Waals surface area contributed by atoms with Crippen LogP contribution in [0.3, 0.4) is 0 Å². The minimum atomic E-state index is 0. The third-order valence-corrected chi connectivity index (χ3v) is 0. The molecule has 0 amide bonds. The molecular formula is C2H7BaS+2. The van der Waals surface area contributed by atoms with Crippen LogP contribution in [-0.2, 0) is 0 Å². The molecule has 7 radical (unpaired) electrons. The van der Waals surface area contributed by atoms with Crippen molar-refractivity contribution in [2.75, 3.05) is 0 Å². The van der Waals surface area contributed by atoms with Gasteiger partial charge in [0.1, 0.15) is 0 Å². The second-order valence-electron chi connectivity index (χ2n) is 0.500. The van der Waals surface area contributed by atoms with Gasteiger partial charge in [0.15, 0.2) is 0 Å². The average molecular weight is 200 g/mol. The quantitative estimate of drug-likeness (QED) is 0.505. The topological polar surface area (TPSA) is 0 Å². The van der Waals surface area contributed by atoms with Crippen LogP contribution in [-0.4, -0.2) is 46.5 Å². The van der Waals surface area contributed by atoms with Gasteiger partial charge in [0.25, 0.3) is 0 Å². The molecule has 0 aromatic carbocycles. The SMILES string of the molecule is C[CH2][Ba+2].S. The van der Waals surface area contributed by atoms with Gasteiger partial charge in [-0.3, -0.25) is 0 Å². The van der Waals surface area contributed by atoms with Crippen LogP contribution in [0.4, 0.5) is 0 Å². The molecule has 0 aliphatic heterocycles. The summed E-state index contributed by atoms with van der Waals surface area (Å²) in [4.78, 5) is 0. The summed E-state index contributed by atoms with van der Waals surface area (Å²) in [6.07, 6.45) is 0. The first-order chi connectivity index (χ1) is 1.41. The van der Waals surface area contributed by atoms with Crippen molar-refractivity contribution in [1.29, 1.82) is 0 Å². The van der Waals surface area contributed by atoms with Crippen molar-refractivity contribution in [3.05, 3.63) is 0 Å². The minimum Gasteiger partial charge on any atom is -0.197 e. The second-order valence-corrected chi connectivity index (χ2v) is 3.64. The van der Waals surface area contributed by atoms with Gasteiger partial charge in [0, 0.05) is 0 Å². The summed E-state index contributed by atoms with van der Waals surface area (Å²) in [5.41, 5.74) is 0. The second kappa shape index (κ2) is 8.87. The Labute approximate surface area is 66.5 Å². The predicted octanol–water partition coefficient (Wildman–Crippen LogP) is 0.706. The van der Waals surface area contributed by atoms with Crippen LogP contribution in [0, 0.1) is 0 Å². The van der Waals surface area contributed by atoms with Gasteiger partial charge in [-0.15, -0.1) is 0 Å². The number of rotatable bonds is 0. The Balaban J connectivity index is 0. The van der Waals surface area contributed by atoms with Crippen molar-refractivity contribution < 1.29 is 0 Å². The van der Waals surface area contributed by atoms with Crippen LogP contribution in [0.25, 0.3) is 0 Å². The van der Waals surface area contributed by atoms with Gasteiger partial charge in [-0.05, 0) is 0 Å². The molecule has 0 aromatic rings. The molecule has 4 heavy (non-hydrogen) atoms. The van der Waals surface area contributed by atoms with E-state index in [1.54, 1.807) is 0 Å². The van der Waals surface area contributed by atoms with E-state index in [2.05, 4.69) is 6.92 Å². The largest absolute Gasteiger partial charge is 0.197 e. The molecule has 0 atom stereocenters. The first-order valence-corrected chi connectivity index (χ1v) is 4.35. The monoisotopic (exact) mass is 201 g/mol. The van der Waals surface area contributed by atoms with E-state index in [0.29, 0.717) is 0 Å². The van der Waals surface area contributed by atoms with Crippen LogP contribution in [0.1, 0.15) is 6.92 Å². The molecule has 0 aliphatic rings. The molecule has 0 saturated carbocycles. The molecule has 0 rings (SSSR count). The van der Waals surface area contributed by atoms with Crippen LogP contribution >= 0.6 is 13.5 Å². The van der Waals surface area contributed by atoms with Gasteiger partial charge in [-0.2, -0.15) is 13.5 Å². The van der Waals surface area contributed by atoms with Gasteiger partial charge in [-0.1, -0.05) is 0 Å². The van der Waals surface area contributed by atoms with Crippen LogP contribution < -0.4 is 0 Å². The van der Waals surface area contributed by atoms with E-state index in [9.17, 15) is 0 Å². The summed E-state index contributed by atoms with van der Waals surface area (Å²) in [7, 11) is 0. The number of hydrogen-bond acceptors (Lipinski definition) is 0. The van der Waals surface area contributed by atoms with Crippen molar-refractivity contribution in [1.82, 2.24) is 0 Å². The molecule has 0 bridgehead atoms. The Morgan fingerprint density at radius 1 is 1.75 bits per heavy atom. The molecule has 0 saturated heterocycles. The molecule has 0 N–H and O–H groups in total. The van der Waals surface area contributed by atoms with Gasteiger partial charge in [0.2, 0.25) is 0 Å². The summed E-state index contributed by atoms with van der Waals surface area (Å²) in [6, 6.07) is 0. The van der Waals surface area contributed by atoms with Crippen molar-refractivity contribution in [3.63, 3.8) is 0 Å². The van der Waals surface area contributed by atoms with Crippen LogP contribution in [0.5, 0.6) is 0 Å². The third kappa shape index (κ3) is 9.07. The van der Waals surface area contributed by atoms with Crippen molar-refractivity contribution in [2.45, 2.75) is 7.81 Å². The van der Waals surface area contributed by atoms with Gasteiger partial charge in [0.05, 0.1) is 0 Å². The smallest absolute Gasteiger partial charge is 0.197 e. The zero-order chi connectivity index (χ0) is 2.71. The molecule has 0 fully saturated rings. The molecule has 0 aromatic heterocycles. The molecular weight excluding hydrogens is 193 g/mol. The van der Waals surface area contributed by atoms with Gasteiger partial charge in [-0.25, -0.2) is 0 Å². The van der Waals surface area contributed by atoms with Gasteiger partial charge >= 0.3 is 54.3 Å². The predicted molar refractivity (Wildman–Crippen MR) is 26.6 cm³/mol. The van der Waals surface area contributed by atoms with E-state index in [0.717, 1.165) is 46.5 Å². The number of hydrogen-bond donors (Lipinski definition) is 0. The van der Waals surface area contributed by atoms with Crippen molar-refractivity contribution in [2.24, 2.45) is 0 Å². The zero-order valence-corrected chi connectivity index (χ0v) is 8.35. The van der Waals surface area contributed by atoms with Crippen molar-refractivity contribution in [3.8, 4) is 0 Å². The van der Waals surface area contributed by atoms with E-state index in [1.165, 1.54) is 0.889 Å². The molecule has 0 aliphatic carbocycles. The normalized spacial score (nSPS) is 4.50. The molecule has 0 unspecified atom stereocenters. The Bertz CT molecular complexity index is 6.00. The summed E-state index contributed by atoms with van der Waals surface area (Å²) < 4.78 is 1.44. The summed E-state index contributed by atoms with van der Waals surface area (Å²) in [6.45, 7) is 2.21. The maximum absolute atomic E-state index is 2.21. The molecule has 0 spiro atoms. The van der Waals surface area contributed by atoms with E-state index in [4.69, 9.17) is 0 Å². The standard InChI is InChI=1S/C2H5.Ba.H2S/c1-2;;/h1H2,2H3;;1H2/q;+2;. The van der Waals surface area contributed by atoms with Crippen LogP contribution in [0.15, 0.2) is 0 Å². The maximum atomic E-state index is 2.21. The average Bonchev–Trinajstić information content (AvgIpc) is 0.918. The van der Waals surface area contributed by atoms with E-state index < -0.39 is 0 Å². The Morgan fingerprint density at radius 2 is 1.75 bits per heavy atom. The molecule has 0 heterocycles. The fraction of sp³-hybridized carbons (Fsp3) is 1.00.